The molecule has 1 aliphatic heterocycles. The Bertz CT molecular complexity index is 1360. The summed E-state index contributed by atoms with van der Waals surface area (Å²) in [7, 11) is 1.40. The minimum absolute atomic E-state index is 0.0135. The number of benzene rings is 3. The Labute approximate surface area is 214 Å². The highest BCUT2D eigenvalue weighted by Crippen LogP contribution is 2.36. The van der Waals surface area contributed by atoms with Crippen LogP contribution in [0.15, 0.2) is 65.6 Å². The summed E-state index contributed by atoms with van der Waals surface area (Å²) in [5.41, 5.74) is 1.32. The molecule has 35 heavy (non-hydrogen) atoms. The average molecular weight is 532 g/mol. The number of hydrogen-bond acceptors (Lipinski definition) is 6. The average Bonchev–Trinajstić information content (AvgIpc) is 3.09. The van der Waals surface area contributed by atoms with Gasteiger partial charge in [0.2, 0.25) is 0 Å². The molecule has 0 aliphatic carbocycles. The first-order chi connectivity index (χ1) is 16.7. The van der Waals surface area contributed by atoms with Gasteiger partial charge < -0.3 is 9.47 Å². The number of nitrogens with zero attached hydrogens (tertiary/aromatic N) is 1. The zero-order valence-corrected chi connectivity index (χ0v) is 20.4. The van der Waals surface area contributed by atoms with E-state index in [1.807, 2.05) is 0 Å². The largest absolute Gasteiger partial charge is 0.493 e. The van der Waals surface area contributed by atoms with Crippen LogP contribution >= 0.6 is 35.0 Å². The minimum atomic E-state index is -0.682. The summed E-state index contributed by atoms with van der Waals surface area (Å²) < 4.78 is 23.8. The van der Waals surface area contributed by atoms with Crippen molar-refractivity contribution in [1.29, 1.82) is 0 Å². The summed E-state index contributed by atoms with van der Waals surface area (Å²) in [4.78, 5) is 39.0. The smallest absolute Gasteiger partial charge is 0.343 e. The number of esters is 1. The Kier molecular flexibility index (Phi) is 7.45. The first-order valence-electron chi connectivity index (χ1n) is 10.1. The molecule has 6 nitrogen and oxygen atoms in total. The molecular weight excluding hydrogens is 516 g/mol. The topological polar surface area (TPSA) is 72.9 Å². The lowest BCUT2D eigenvalue weighted by Crippen LogP contribution is -2.27. The Hall–Kier alpha value is -3.33. The fraction of sp³-hybridized carbons (Fsp3) is 0.0800. The minimum Gasteiger partial charge on any atom is -0.493 e. The molecule has 0 saturated carbocycles. The third-order valence-electron chi connectivity index (χ3n) is 4.99. The van der Waals surface area contributed by atoms with E-state index in [-0.39, 0.29) is 28.5 Å². The molecule has 0 radical (unpaired) electrons. The maximum atomic E-state index is 13.1. The molecule has 0 bridgehead atoms. The van der Waals surface area contributed by atoms with Gasteiger partial charge in [-0.3, -0.25) is 14.5 Å². The molecule has 0 N–H and O–H groups in total. The molecule has 3 aromatic carbocycles. The van der Waals surface area contributed by atoms with Gasteiger partial charge in [-0.2, -0.15) is 0 Å². The van der Waals surface area contributed by atoms with Gasteiger partial charge in [-0.1, -0.05) is 35.3 Å². The van der Waals surface area contributed by atoms with E-state index < -0.39 is 22.9 Å². The van der Waals surface area contributed by atoms with Crippen LogP contribution in [0.25, 0.3) is 6.08 Å². The third-order valence-corrected chi connectivity index (χ3v) is 6.48. The van der Waals surface area contributed by atoms with Crippen molar-refractivity contribution in [2.24, 2.45) is 0 Å². The number of methoxy groups -OCH3 is 1. The SMILES string of the molecule is COc1cc(/C=C2\SC(=O)N(Cc3ccc(Cl)cc3Cl)C2=O)ccc1OC(=O)c1ccc(F)cc1. The van der Waals surface area contributed by atoms with Crippen molar-refractivity contribution in [3.8, 4) is 11.5 Å². The van der Waals surface area contributed by atoms with Crippen LogP contribution < -0.4 is 9.47 Å². The van der Waals surface area contributed by atoms with Gasteiger partial charge in [0.15, 0.2) is 11.5 Å². The molecule has 0 aromatic heterocycles. The number of halogens is 3. The zero-order chi connectivity index (χ0) is 25.1. The van der Waals surface area contributed by atoms with Crippen molar-refractivity contribution >= 4 is 58.2 Å². The fourth-order valence-corrected chi connectivity index (χ4v) is 4.52. The van der Waals surface area contributed by atoms with E-state index in [0.717, 1.165) is 28.8 Å². The first-order valence-corrected chi connectivity index (χ1v) is 11.7. The zero-order valence-electron chi connectivity index (χ0n) is 18.1. The number of hydrogen-bond donors (Lipinski definition) is 0. The number of ether oxygens (including phenoxy) is 2. The quantitative estimate of drug-likeness (QED) is 0.203. The lowest BCUT2D eigenvalue weighted by Gasteiger charge is -2.13. The predicted octanol–water partition coefficient (Wildman–Crippen LogP) is 6.60. The van der Waals surface area contributed by atoms with E-state index in [1.54, 1.807) is 36.4 Å². The highest BCUT2D eigenvalue weighted by molar-refractivity contribution is 8.18. The second-order valence-corrected chi connectivity index (χ2v) is 9.15. The van der Waals surface area contributed by atoms with E-state index >= 15 is 0 Å². The van der Waals surface area contributed by atoms with Gasteiger partial charge in [0.25, 0.3) is 11.1 Å². The Morgan fingerprint density at radius 3 is 2.46 bits per heavy atom. The molecule has 1 aliphatic rings. The molecule has 3 aromatic rings. The van der Waals surface area contributed by atoms with E-state index in [2.05, 4.69) is 0 Å². The summed E-state index contributed by atoms with van der Waals surface area (Å²) in [6.07, 6.45) is 1.54. The second-order valence-electron chi connectivity index (χ2n) is 7.31. The van der Waals surface area contributed by atoms with Gasteiger partial charge in [0, 0.05) is 10.0 Å². The number of imide groups is 1. The van der Waals surface area contributed by atoms with E-state index in [4.69, 9.17) is 32.7 Å². The second kappa shape index (κ2) is 10.5. The van der Waals surface area contributed by atoms with Crippen LogP contribution in [0.5, 0.6) is 11.5 Å². The lowest BCUT2D eigenvalue weighted by molar-refractivity contribution is -0.123. The monoisotopic (exact) mass is 531 g/mol. The van der Waals surface area contributed by atoms with Crippen molar-refractivity contribution in [3.05, 3.63) is 98.1 Å². The number of amides is 2. The Morgan fingerprint density at radius 2 is 1.77 bits per heavy atom. The molecule has 2 amide bonds. The van der Waals surface area contributed by atoms with Crippen LogP contribution in [-0.2, 0) is 11.3 Å². The molecule has 1 fully saturated rings. The normalized spacial score (nSPS) is 14.5. The first kappa shape index (κ1) is 24.8. The molecule has 1 heterocycles. The van der Waals surface area contributed by atoms with Gasteiger partial charge in [-0.05, 0) is 77.5 Å². The Balaban J connectivity index is 1.52. The number of carbonyl (C=O) groups is 3. The van der Waals surface area contributed by atoms with E-state index in [0.29, 0.717) is 21.2 Å². The molecule has 0 spiro atoms. The molecule has 0 unspecified atom stereocenters. The van der Waals surface area contributed by atoms with Crippen LogP contribution in [0, 0.1) is 5.82 Å². The molecule has 10 heteroatoms. The third kappa shape index (κ3) is 5.67. The molecular formula is C25H16Cl2FNO5S. The van der Waals surface area contributed by atoms with Crippen molar-refractivity contribution in [2.45, 2.75) is 6.54 Å². The van der Waals surface area contributed by atoms with Crippen molar-refractivity contribution in [2.75, 3.05) is 7.11 Å². The lowest BCUT2D eigenvalue weighted by atomic mass is 10.1. The summed E-state index contributed by atoms with van der Waals surface area (Å²) in [6.45, 7) is 0.0135. The number of thioether (sulfide) groups is 1. The summed E-state index contributed by atoms with van der Waals surface area (Å²) in [5.74, 6) is -1.23. The predicted molar refractivity (Wildman–Crippen MR) is 132 cm³/mol. The maximum Gasteiger partial charge on any atom is 0.343 e. The van der Waals surface area contributed by atoms with Crippen LogP contribution in [-0.4, -0.2) is 29.1 Å². The van der Waals surface area contributed by atoms with Crippen LogP contribution in [0.3, 0.4) is 0 Å². The van der Waals surface area contributed by atoms with Gasteiger partial charge in [0.05, 0.1) is 24.1 Å². The van der Waals surface area contributed by atoms with Gasteiger partial charge in [-0.15, -0.1) is 0 Å². The van der Waals surface area contributed by atoms with Crippen LogP contribution in [0.4, 0.5) is 9.18 Å². The van der Waals surface area contributed by atoms with Gasteiger partial charge >= 0.3 is 5.97 Å². The highest BCUT2D eigenvalue weighted by atomic mass is 35.5. The van der Waals surface area contributed by atoms with E-state index in [9.17, 15) is 18.8 Å². The summed E-state index contributed by atoms with van der Waals surface area (Å²) >= 11 is 12.9. The van der Waals surface area contributed by atoms with Gasteiger partial charge in [0.1, 0.15) is 5.82 Å². The molecule has 1 saturated heterocycles. The molecule has 4 rings (SSSR count). The fourth-order valence-electron chi connectivity index (χ4n) is 3.21. The Morgan fingerprint density at radius 1 is 1.03 bits per heavy atom. The van der Waals surface area contributed by atoms with Crippen molar-refractivity contribution < 1.29 is 28.2 Å². The number of carbonyl (C=O) groups excluding carboxylic acids is 3. The maximum absolute atomic E-state index is 13.1. The summed E-state index contributed by atoms with van der Waals surface area (Å²) in [5, 5.41) is 0.383. The van der Waals surface area contributed by atoms with Crippen LogP contribution in [0.1, 0.15) is 21.5 Å². The van der Waals surface area contributed by atoms with Gasteiger partial charge in [-0.25, -0.2) is 9.18 Å². The highest BCUT2D eigenvalue weighted by Gasteiger charge is 2.35. The van der Waals surface area contributed by atoms with Crippen molar-refractivity contribution in [1.82, 2.24) is 4.90 Å². The standard InChI is InChI=1S/C25H16Cl2FNO5S/c1-33-21-10-14(2-9-20(21)34-24(31)15-4-7-18(28)8-5-15)11-22-23(30)29(25(32)35-22)13-16-3-6-17(26)12-19(16)27/h2-12H,13H2,1H3/b22-11-. The summed E-state index contributed by atoms with van der Waals surface area (Å²) in [6, 6.07) is 14.5. The molecule has 178 valence electrons. The number of rotatable bonds is 6. The van der Waals surface area contributed by atoms with Crippen molar-refractivity contribution in [3.63, 3.8) is 0 Å². The van der Waals surface area contributed by atoms with Crippen LogP contribution in [0.2, 0.25) is 10.0 Å². The van der Waals surface area contributed by atoms with E-state index in [1.165, 1.54) is 25.3 Å². The molecule has 0 atom stereocenters.